The third-order valence-corrected chi connectivity index (χ3v) is 11.1. The molecule has 1 N–H and O–H groups in total. The first-order valence-electron chi connectivity index (χ1n) is 7.44. The molecule has 0 amide bonds. The van der Waals surface area contributed by atoms with Crippen molar-refractivity contribution in [1.29, 1.82) is 0 Å². The summed E-state index contributed by atoms with van der Waals surface area (Å²) >= 11 is 0. The Morgan fingerprint density at radius 2 is 1.78 bits per heavy atom. The Morgan fingerprint density at radius 3 is 2.33 bits per heavy atom. The van der Waals surface area contributed by atoms with Crippen molar-refractivity contribution < 1.29 is 0 Å². The Hall–Kier alpha value is -0.126. The molecule has 0 saturated heterocycles. The van der Waals surface area contributed by atoms with E-state index in [0.717, 1.165) is 0 Å². The SMILES string of the molecule is CCCCCC1=C([Si](C)(C)N[Si](C)(C)C)CC=C1. The summed E-state index contributed by atoms with van der Waals surface area (Å²) in [4.78, 5) is 0. The molecule has 0 aromatic rings. The van der Waals surface area contributed by atoms with E-state index in [9.17, 15) is 0 Å². The van der Waals surface area contributed by atoms with Gasteiger partial charge in [0.1, 0.15) is 16.5 Å². The zero-order valence-electron chi connectivity index (χ0n) is 13.2. The summed E-state index contributed by atoms with van der Waals surface area (Å²) in [6, 6.07) is 0. The lowest BCUT2D eigenvalue weighted by molar-refractivity contribution is 0.718. The second kappa shape index (κ2) is 6.35. The van der Waals surface area contributed by atoms with Gasteiger partial charge in [-0.05, 0) is 19.3 Å². The molecule has 1 nitrogen and oxygen atoms in total. The minimum Gasteiger partial charge on any atom is -0.356 e. The predicted octanol–water partition coefficient (Wildman–Crippen LogP) is 4.99. The maximum atomic E-state index is 4.04. The molecule has 3 heteroatoms. The number of rotatable bonds is 7. The molecule has 0 atom stereocenters. The van der Waals surface area contributed by atoms with Gasteiger partial charge in [-0.2, -0.15) is 0 Å². The fraction of sp³-hybridized carbons (Fsp3) is 0.733. The van der Waals surface area contributed by atoms with Crippen LogP contribution in [0.1, 0.15) is 39.0 Å². The van der Waals surface area contributed by atoms with Gasteiger partial charge in [0, 0.05) is 0 Å². The van der Waals surface area contributed by atoms with Gasteiger partial charge in [-0.25, -0.2) is 0 Å². The third-order valence-electron chi connectivity index (χ3n) is 3.52. The van der Waals surface area contributed by atoms with E-state index in [0.29, 0.717) is 0 Å². The Balaban J connectivity index is 2.75. The summed E-state index contributed by atoms with van der Waals surface area (Å²) in [5.41, 5.74) is 1.66. The molecule has 18 heavy (non-hydrogen) atoms. The van der Waals surface area contributed by atoms with Gasteiger partial charge in [-0.3, -0.25) is 0 Å². The molecule has 0 radical (unpaired) electrons. The quantitative estimate of drug-likeness (QED) is 0.512. The van der Waals surface area contributed by atoms with Crippen molar-refractivity contribution in [3.05, 3.63) is 22.9 Å². The van der Waals surface area contributed by atoms with Gasteiger partial charge in [0.2, 0.25) is 0 Å². The van der Waals surface area contributed by atoms with Crippen LogP contribution in [0.4, 0.5) is 0 Å². The van der Waals surface area contributed by atoms with Crippen molar-refractivity contribution in [2.24, 2.45) is 0 Å². The molecule has 0 bridgehead atoms. The highest BCUT2D eigenvalue weighted by molar-refractivity contribution is 6.94. The maximum absolute atomic E-state index is 4.04. The Labute approximate surface area is 116 Å². The monoisotopic (exact) mass is 281 g/mol. The normalized spacial score (nSPS) is 16.8. The predicted molar refractivity (Wildman–Crippen MR) is 88.9 cm³/mol. The van der Waals surface area contributed by atoms with Gasteiger partial charge in [0.25, 0.3) is 0 Å². The standard InChI is InChI=1S/C15H31NSi2/c1-7-8-9-11-14-12-10-13-15(14)18(5,6)16-17(2,3)4/h10,12,16H,7-9,11,13H2,1-6H3. The molecular formula is C15H31NSi2. The highest BCUT2D eigenvalue weighted by Crippen LogP contribution is 2.30. The maximum Gasteiger partial charge on any atom is 0.141 e. The highest BCUT2D eigenvalue weighted by atomic mass is 28.4. The van der Waals surface area contributed by atoms with E-state index in [1.807, 2.05) is 0 Å². The lowest BCUT2D eigenvalue weighted by Gasteiger charge is -2.34. The Bertz CT molecular complexity index is 335. The number of unbranched alkanes of at least 4 members (excludes halogenated alkanes) is 2. The number of hydrogen-bond acceptors (Lipinski definition) is 1. The molecule has 0 spiro atoms. The van der Waals surface area contributed by atoms with E-state index < -0.39 is 16.5 Å². The summed E-state index contributed by atoms with van der Waals surface area (Å²) < 4.78 is 4.04. The van der Waals surface area contributed by atoms with Crippen molar-refractivity contribution in [2.75, 3.05) is 0 Å². The van der Waals surface area contributed by atoms with Crippen molar-refractivity contribution in [3.8, 4) is 0 Å². The second-order valence-corrected chi connectivity index (χ2v) is 16.4. The fourth-order valence-corrected chi connectivity index (χ4v) is 12.8. The fourth-order valence-electron chi connectivity index (χ4n) is 3.02. The molecule has 0 unspecified atom stereocenters. The highest BCUT2D eigenvalue weighted by Gasteiger charge is 2.33. The third kappa shape index (κ3) is 4.86. The molecule has 0 aliphatic heterocycles. The summed E-state index contributed by atoms with van der Waals surface area (Å²) in [6.07, 6.45) is 11.3. The van der Waals surface area contributed by atoms with Crippen molar-refractivity contribution >= 4 is 16.5 Å². The first-order chi connectivity index (χ1) is 8.26. The van der Waals surface area contributed by atoms with Crippen LogP contribution in [-0.2, 0) is 0 Å². The van der Waals surface area contributed by atoms with Crippen molar-refractivity contribution in [2.45, 2.75) is 71.8 Å². The van der Waals surface area contributed by atoms with Crippen LogP contribution in [0.15, 0.2) is 22.9 Å². The molecular weight excluding hydrogens is 250 g/mol. The van der Waals surface area contributed by atoms with Gasteiger partial charge >= 0.3 is 0 Å². The minimum absolute atomic E-state index is 1.18. The van der Waals surface area contributed by atoms with Gasteiger partial charge in [-0.1, -0.05) is 75.4 Å². The molecule has 1 aliphatic rings. The van der Waals surface area contributed by atoms with Gasteiger partial charge < -0.3 is 4.65 Å². The number of hydrogen-bond donors (Lipinski definition) is 1. The van der Waals surface area contributed by atoms with Gasteiger partial charge in [-0.15, -0.1) is 0 Å². The first-order valence-corrected chi connectivity index (χ1v) is 13.9. The topological polar surface area (TPSA) is 12.0 Å². The average Bonchev–Trinajstić information content (AvgIpc) is 2.63. The molecule has 1 rings (SSSR count). The lowest BCUT2D eigenvalue weighted by atomic mass is 10.1. The lowest BCUT2D eigenvalue weighted by Crippen LogP contribution is -2.58. The molecule has 0 fully saturated rings. The van der Waals surface area contributed by atoms with Gasteiger partial charge in [0.05, 0.1) is 0 Å². The van der Waals surface area contributed by atoms with Crippen LogP contribution in [0, 0.1) is 0 Å². The van der Waals surface area contributed by atoms with E-state index >= 15 is 0 Å². The van der Waals surface area contributed by atoms with Gasteiger partial charge in [0.15, 0.2) is 0 Å². The van der Waals surface area contributed by atoms with Crippen LogP contribution < -0.4 is 4.65 Å². The Morgan fingerprint density at radius 1 is 1.11 bits per heavy atom. The molecule has 0 saturated carbocycles. The molecule has 0 heterocycles. The van der Waals surface area contributed by atoms with E-state index in [2.05, 4.69) is 56.5 Å². The van der Waals surface area contributed by atoms with E-state index in [1.54, 1.807) is 10.8 Å². The molecule has 104 valence electrons. The smallest absolute Gasteiger partial charge is 0.141 e. The van der Waals surface area contributed by atoms with Crippen LogP contribution in [0.25, 0.3) is 0 Å². The summed E-state index contributed by atoms with van der Waals surface area (Å²) in [5, 5.41) is 1.76. The molecule has 0 aromatic heterocycles. The first kappa shape index (κ1) is 15.9. The second-order valence-electron chi connectivity index (χ2n) is 7.07. The molecule has 0 aromatic carbocycles. The van der Waals surface area contributed by atoms with E-state index in [4.69, 9.17) is 0 Å². The summed E-state index contributed by atoms with van der Waals surface area (Å²) in [6.45, 7) is 14.5. The largest absolute Gasteiger partial charge is 0.356 e. The summed E-state index contributed by atoms with van der Waals surface area (Å²) in [5.74, 6) is 0. The van der Waals surface area contributed by atoms with Crippen LogP contribution in [-0.4, -0.2) is 16.5 Å². The average molecular weight is 282 g/mol. The van der Waals surface area contributed by atoms with Crippen molar-refractivity contribution in [1.82, 2.24) is 4.65 Å². The van der Waals surface area contributed by atoms with E-state index in [1.165, 1.54) is 32.1 Å². The number of nitrogens with one attached hydrogen (secondary N) is 1. The van der Waals surface area contributed by atoms with Crippen molar-refractivity contribution in [3.63, 3.8) is 0 Å². The minimum atomic E-state index is -1.40. The van der Waals surface area contributed by atoms with Crippen LogP contribution >= 0.6 is 0 Å². The zero-order valence-corrected chi connectivity index (χ0v) is 15.2. The number of allylic oxidation sites excluding steroid dienone is 4. The van der Waals surface area contributed by atoms with Crippen LogP contribution in [0.3, 0.4) is 0 Å². The zero-order chi connectivity index (χ0) is 13.8. The summed E-state index contributed by atoms with van der Waals surface area (Å²) in [7, 11) is -2.58. The Kier molecular flexibility index (Phi) is 5.62. The van der Waals surface area contributed by atoms with Crippen LogP contribution in [0.5, 0.6) is 0 Å². The molecule has 1 aliphatic carbocycles. The van der Waals surface area contributed by atoms with Crippen LogP contribution in [0.2, 0.25) is 32.7 Å². The van der Waals surface area contributed by atoms with E-state index in [-0.39, 0.29) is 0 Å².